The average Bonchev–Trinajstić information content (AvgIpc) is 2.35. The SMILES string of the molecule is C=CCNC(=O)C1CNc2ccccc2O1. The fraction of sp³-hybridized carbons (Fsp3) is 0.250. The van der Waals surface area contributed by atoms with Crippen LogP contribution >= 0.6 is 0 Å². The van der Waals surface area contributed by atoms with Gasteiger partial charge in [0.15, 0.2) is 6.10 Å². The molecular weight excluding hydrogens is 204 g/mol. The van der Waals surface area contributed by atoms with Crippen LogP contribution in [0.3, 0.4) is 0 Å². The van der Waals surface area contributed by atoms with Crippen molar-refractivity contribution in [2.75, 3.05) is 18.4 Å². The number of amides is 1. The Morgan fingerprint density at radius 3 is 3.25 bits per heavy atom. The molecule has 84 valence electrons. The van der Waals surface area contributed by atoms with Crippen molar-refractivity contribution >= 4 is 11.6 Å². The topological polar surface area (TPSA) is 50.4 Å². The Hall–Kier alpha value is -1.97. The van der Waals surface area contributed by atoms with E-state index in [-0.39, 0.29) is 5.91 Å². The molecule has 0 saturated heterocycles. The second-order valence-corrected chi connectivity index (χ2v) is 3.52. The molecule has 1 aromatic rings. The molecule has 0 fully saturated rings. The normalized spacial score (nSPS) is 17.6. The van der Waals surface area contributed by atoms with Crippen LogP contribution in [0.5, 0.6) is 5.75 Å². The minimum absolute atomic E-state index is 0.123. The molecule has 0 radical (unpaired) electrons. The molecule has 4 nitrogen and oxygen atoms in total. The van der Waals surface area contributed by atoms with Crippen LogP contribution in [0.1, 0.15) is 0 Å². The number of ether oxygens (including phenoxy) is 1. The summed E-state index contributed by atoms with van der Waals surface area (Å²) >= 11 is 0. The highest BCUT2D eigenvalue weighted by molar-refractivity contribution is 5.83. The summed E-state index contributed by atoms with van der Waals surface area (Å²) in [5.41, 5.74) is 0.926. The van der Waals surface area contributed by atoms with Crippen molar-refractivity contribution in [2.24, 2.45) is 0 Å². The number of rotatable bonds is 3. The van der Waals surface area contributed by atoms with Gasteiger partial charge in [-0.15, -0.1) is 6.58 Å². The maximum atomic E-state index is 11.6. The van der Waals surface area contributed by atoms with Gasteiger partial charge in [0, 0.05) is 6.54 Å². The van der Waals surface area contributed by atoms with Crippen molar-refractivity contribution in [2.45, 2.75) is 6.10 Å². The summed E-state index contributed by atoms with van der Waals surface area (Å²) in [6.45, 7) is 4.49. The van der Waals surface area contributed by atoms with Gasteiger partial charge in [-0.2, -0.15) is 0 Å². The lowest BCUT2D eigenvalue weighted by molar-refractivity contribution is -0.127. The molecular formula is C12H14N2O2. The highest BCUT2D eigenvalue weighted by Crippen LogP contribution is 2.27. The van der Waals surface area contributed by atoms with E-state index in [4.69, 9.17) is 4.74 Å². The molecule has 4 heteroatoms. The van der Waals surface area contributed by atoms with Crippen LogP contribution in [0.2, 0.25) is 0 Å². The molecule has 0 aliphatic carbocycles. The summed E-state index contributed by atoms with van der Waals surface area (Å²) in [5.74, 6) is 0.592. The van der Waals surface area contributed by atoms with E-state index in [9.17, 15) is 4.79 Å². The van der Waals surface area contributed by atoms with Crippen LogP contribution in [-0.2, 0) is 4.79 Å². The summed E-state index contributed by atoms with van der Waals surface area (Å²) < 4.78 is 5.58. The number of anilines is 1. The van der Waals surface area contributed by atoms with Crippen LogP contribution in [0, 0.1) is 0 Å². The standard InChI is InChI=1S/C12H14N2O2/c1-2-7-13-12(15)11-8-14-9-5-3-4-6-10(9)16-11/h2-6,11,14H,1,7-8H2,(H,13,15). The largest absolute Gasteiger partial charge is 0.477 e. The average molecular weight is 218 g/mol. The molecule has 2 N–H and O–H groups in total. The summed E-state index contributed by atoms with van der Waals surface area (Å²) in [5, 5.41) is 5.87. The fourth-order valence-corrected chi connectivity index (χ4v) is 1.55. The highest BCUT2D eigenvalue weighted by Gasteiger charge is 2.24. The summed E-state index contributed by atoms with van der Waals surface area (Å²) in [6.07, 6.45) is 1.16. The Labute approximate surface area is 94.3 Å². The first-order chi connectivity index (χ1) is 7.81. The van der Waals surface area contributed by atoms with Crippen LogP contribution in [0.4, 0.5) is 5.69 Å². The van der Waals surface area contributed by atoms with Crippen molar-refractivity contribution in [3.8, 4) is 5.75 Å². The van der Waals surface area contributed by atoms with E-state index in [1.54, 1.807) is 6.08 Å². The van der Waals surface area contributed by atoms with Crippen molar-refractivity contribution in [1.82, 2.24) is 5.32 Å². The first kappa shape index (κ1) is 10.5. The van der Waals surface area contributed by atoms with E-state index in [1.807, 2.05) is 24.3 Å². The molecule has 0 spiro atoms. The van der Waals surface area contributed by atoms with Gasteiger partial charge in [0.1, 0.15) is 5.75 Å². The highest BCUT2D eigenvalue weighted by atomic mass is 16.5. The molecule has 1 heterocycles. The third-order valence-electron chi connectivity index (χ3n) is 2.35. The smallest absolute Gasteiger partial charge is 0.263 e. The van der Waals surface area contributed by atoms with E-state index in [1.165, 1.54) is 0 Å². The summed E-state index contributed by atoms with van der Waals surface area (Å²) in [7, 11) is 0. The number of hydrogen-bond donors (Lipinski definition) is 2. The lowest BCUT2D eigenvalue weighted by Crippen LogP contribution is -2.44. The first-order valence-corrected chi connectivity index (χ1v) is 5.19. The third kappa shape index (κ3) is 2.16. The van der Waals surface area contributed by atoms with E-state index in [2.05, 4.69) is 17.2 Å². The zero-order chi connectivity index (χ0) is 11.4. The van der Waals surface area contributed by atoms with E-state index in [0.717, 1.165) is 5.69 Å². The number of para-hydroxylation sites is 2. The molecule has 1 amide bonds. The van der Waals surface area contributed by atoms with Crippen LogP contribution < -0.4 is 15.4 Å². The number of carbonyl (C=O) groups excluding carboxylic acids is 1. The molecule has 1 aromatic carbocycles. The molecule has 2 rings (SSSR count). The molecule has 0 saturated carbocycles. The molecule has 0 aromatic heterocycles. The Bertz CT molecular complexity index is 404. The number of nitrogens with one attached hydrogen (secondary N) is 2. The van der Waals surface area contributed by atoms with Crippen LogP contribution in [0.15, 0.2) is 36.9 Å². The van der Waals surface area contributed by atoms with Crippen molar-refractivity contribution < 1.29 is 9.53 Å². The summed E-state index contributed by atoms with van der Waals surface area (Å²) in [4.78, 5) is 11.6. The van der Waals surface area contributed by atoms with E-state index >= 15 is 0 Å². The van der Waals surface area contributed by atoms with Crippen molar-refractivity contribution in [3.05, 3.63) is 36.9 Å². The maximum absolute atomic E-state index is 11.6. The monoisotopic (exact) mass is 218 g/mol. The zero-order valence-electron chi connectivity index (χ0n) is 8.90. The van der Waals surface area contributed by atoms with Crippen LogP contribution in [-0.4, -0.2) is 25.1 Å². The fourth-order valence-electron chi connectivity index (χ4n) is 1.55. The third-order valence-corrected chi connectivity index (χ3v) is 2.35. The van der Waals surface area contributed by atoms with Gasteiger partial charge in [-0.25, -0.2) is 0 Å². The Morgan fingerprint density at radius 2 is 2.44 bits per heavy atom. The molecule has 1 atom stereocenters. The second-order valence-electron chi connectivity index (χ2n) is 3.52. The lowest BCUT2D eigenvalue weighted by atomic mass is 10.2. The second kappa shape index (κ2) is 4.70. The van der Waals surface area contributed by atoms with E-state index < -0.39 is 6.10 Å². The lowest BCUT2D eigenvalue weighted by Gasteiger charge is -2.26. The van der Waals surface area contributed by atoms with Gasteiger partial charge < -0.3 is 15.4 Å². The molecule has 1 unspecified atom stereocenters. The minimum atomic E-state index is -0.477. The Morgan fingerprint density at radius 1 is 1.62 bits per heavy atom. The van der Waals surface area contributed by atoms with Gasteiger partial charge in [0.25, 0.3) is 5.91 Å². The van der Waals surface area contributed by atoms with Gasteiger partial charge in [-0.05, 0) is 12.1 Å². The number of fused-ring (bicyclic) bond motifs is 1. The zero-order valence-corrected chi connectivity index (χ0v) is 8.90. The molecule has 0 bridgehead atoms. The maximum Gasteiger partial charge on any atom is 0.263 e. The van der Waals surface area contributed by atoms with Gasteiger partial charge in [0.05, 0.1) is 12.2 Å². The Balaban J connectivity index is 2.02. The number of benzene rings is 1. The molecule has 1 aliphatic rings. The quantitative estimate of drug-likeness (QED) is 0.748. The molecule has 1 aliphatic heterocycles. The minimum Gasteiger partial charge on any atom is -0.477 e. The van der Waals surface area contributed by atoms with Crippen molar-refractivity contribution in [1.29, 1.82) is 0 Å². The van der Waals surface area contributed by atoms with Gasteiger partial charge in [-0.3, -0.25) is 4.79 Å². The van der Waals surface area contributed by atoms with Crippen LogP contribution in [0.25, 0.3) is 0 Å². The van der Waals surface area contributed by atoms with Gasteiger partial charge in [0.2, 0.25) is 0 Å². The van der Waals surface area contributed by atoms with Gasteiger partial charge in [-0.1, -0.05) is 18.2 Å². The molecule has 16 heavy (non-hydrogen) atoms. The van der Waals surface area contributed by atoms with Crippen molar-refractivity contribution in [3.63, 3.8) is 0 Å². The number of hydrogen-bond acceptors (Lipinski definition) is 3. The Kier molecular flexibility index (Phi) is 3.10. The predicted molar refractivity (Wildman–Crippen MR) is 62.6 cm³/mol. The number of carbonyl (C=O) groups is 1. The first-order valence-electron chi connectivity index (χ1n) is 5.19. The van der Waals surface area contributed by atoms with E-state index in [0.29, 0.717) is 18.8 Å². The van der Waals surface area contributed by atoms with Gasteiger partial charge >= 0.3 is 0 Å². The summed E-state index contributed by atoms with van der Waals surface area (Å²) in [6, 6.07) is 7.57. The predicted octanol–water partition coefficient (Wildman–Crippen LogP) is 1.16.